The summed E-state index contributed by atoms with van der Waals surface area (Å²) in [5.74, 6) is -0.929. The highest BCUT2D eigenvalue weighted by Gasteiger charge is 2.44. The first kappa shape index (κ1) is 35.3. The van der Waals surface area contributed by atoms with Gasteiger partial charge >= 0.3 is 12.6 Å². The number of nitrogen functional groups attached to an aromatic ring is 1. The zero-order valence-corrected chi connectivity index (χ0v) is 26.4. The molecule has 2 aliphatic heterocycles. The number of nitrogens with one attached hydrogen (secondary N) is 2. The maximum atomic E-state index is 12.9. The Morgan fingerprint density at radius 3 is 1.81 bits per heavy atom. The van der Waals surface area contributed by atoms with Crippen LogP contribution in [0.25, 0.3) is 0 Å². The highest BCUT2D eigenvalue weighted by molar-refractivity contribution is 7.80. The number of thiocarbonyl (C=S) groups is 2. The standard InChI is InChI=1S/C15H10F2N2O3S.C8H5NOS.C7H5F2NO2.C2H6/c16-15(17)21-11-7-6-10(8-12(11)22-15)18-14(23)19-13(20)9-4-2-1-3-5-9;10-8(9-6-11)7-4-2-1-3-5-7;8-7(9)11-5-2-1-4(10)3-6(5)12-7;1-2/h1-8H,(H2,18,19,20,23);1-5H;1-3H,10H2;1-2H3/i;;;1D. The van der Waals surface area contributed by atoms with Crippen LogP contribution < -0.4 is 35.3 Å². The third-order valence-electron chi connectivity index (χ3n) is 5.52. The van der Waals surface area contributed by atoms with Gasteiger partial charge in [0.2, 0.25) is 0 Å². The molecule has 0 saturated carbocycles. The van der Waals surface area contributed by atoms with E-state index in [0.717, 1.165) is 0 Å². The van der Waals surface area contributed by atoms with Crippen molar-refractivity contribution in [1.82, 2.24) is 5.32 Å². The van der Waals surface area contributed by atoms with E-state index in [1.807, 2.05) is 11.2 Å². The van der Waals surface area contributed by atoms with Crippen LogP contribution in [-0.2, 0) is 0 Å². The molecule has 0 unspecified atom stereocenters. The summed E-state index contributed by atoms with van der Waals surface area (Å²) in [6.07, 6.45) is -7.24. The van der Waals surface area contributed by atoms with Crippen LogP contribution in [0.1, 0.15) is 35.9 Å². The van der Waals surface area contributed by atoms with E-state index >= 15 is 0 Å². The number of fused-ring (bicyclic) bond motifs is 2. The van der Waals surface area contributed by atoms with E-state index in [1.165, 1.54) is 36.4 Å². The number of nitrogens with zero attached hydrogens (tertiary/aromatic N) is 1. The lowest BCUT2D eigenvalue weighted by Crippen LogP contribution is -2.34. The molecule has 4 aromatic carbocycles. The molecule has 0 radical (unpaired) electrons. The van der Waals surface area contributed by atoms with Gasteiger partial charge in [-0.15, -0.1) is 17.6 Å². The third-order valence-corrected chi connectivity index (χ3v) is 5.81. The second-order valence-corrected chi connectivity index (χ2v) is 9.44. The van der Waals surface area contributed by atoms with Gasteiger partial charge in [0.15, 0.2) is 28.1 Å². The van der Waals surface area contributed by atoms with Crippen LogP contribution >= 0.6 is 24.4 Å². The number of benzene rings is 4. The molecule has 250 valence electrons. The van der Waals surface area contributed by atoms with Crippen molar-refractivity contribution in [1.29, 1.82) is 0 Å². The molecule has 0 aromatic heterocycles. The monoisotopic (exact) mass is 703 g/mol. The molecule has 2 amide bonds. The predicted octanol–water partition coefficient (Wildman–Crippen LogP) is 7.68. The Kier molecular flexibility index (Phi) is 12.4. The first-order chi connectivity index (χ1) is 23.3. The number of hydrogen-bond donors (Lipinski definition) is 3. The molecule has 0 spiro atoms. The van der Waals surface area contributed by atoms with Gasteiger partial charge in [0.05, 0.1) is 5.16 Å². The van der Waals surface area contributed by atoms with Crippen LogP contribution in [0.4, 0.5) is 28.9 Å². The lowest BCUT2D eigenvalue weighted by molar-refractivity contribution is -0.287. The van der Waals surface area contributed by atoms with Crippen LogP contribution in [0.3, 0.4) is 0 Å². The summed E-state index contributed by atoms with van der Waals surface area (Å²) in [5.41, 5.74) is 7.05. The normalized spacial score (nSPS) is 13.6. The van der Waals surface area contributed by atoms with Gasteiger partial charge in [0, 0.05) is 36.0 Å². The van der Waals surface area contributed by atoms with Crippen molar-refractivity contribution in [3.8, 4) is 23.0 Å². The first-order valence-electron chi connectivity index (χ1n) is 14.2. The van der Waals surface area contributed by atoms with Gasteiger partial charge in [-0.2, -0.15) is 4.99 Å². The molecule has 48 heavy (non-hydrogen) atoms. The lowest BCUT2D eigenvalue weighted by Gasteiger charge is -2.10. The molecule has 6 rings (SSSR count). The van der Waals surface area contributed by atoms with Crippen LogP contribution in [-0.4, -0.2) is 34.7 Å². The molecule has 10 nitrogen and oxygen atoms in total. The molecule has 0 atom stereocenters. The Labute approximate surface area is 283 Å². The van der Waals surface area contributed by atoms with Crippen molar-refractivity contribution < 1.29 is 47.5 Å². The fraction of sp³-hybridized carbons (Fsp3) is 0.125. The second-order valence-electron chi connectivity index (χ2n) is 8.85. The minimum atomic E-state index is -3.68. The quantitative estimate of drug-likeness (QED) is 0.0845. The number of alkyl halides is 4. The molecular formula is C32H26F4N4O6S2. The molecule has 2 heterocycles. The van der Waals surface area contributed by atoms with Crippen molar-refractivity contribution in [2.75, 3.05) is 11.1 Å². The minimum absolute atomic E-state index is 0.00852. The van der Waals surface area contributed by atoms with Crippen LogP contribution in [0, 0.1) is 0 Å². The number of ether oxygens (including phenoxy) is 4. The summed E-state index contributed by atoms with van der Waals surface area (Å²) >= 11 is 9.31. The van der Waals surface area contributed by atoms with E-state index in [9.17, 15) is 27.2 Å². The molecule has 16 heteroatoms. The number of carbonyl (C=O) groups excluding carboxylic acids is 2. The zero-order chi connectivity index (χ0) is 36.0. The van der Waals surface area contributed by atoms with Crippen molar-refractivity contribution in [2.45, 2.75) is 26.4 Å². The predicted molar refractivity (Wildman–Crippen MR) is 177 cm³/mol. The summed E-state index contributed by atoms with van der Waals surface area (Å²) in [6.45, 7) is 2.29. The number of hydrogen-bond acceptors (Lipinski definition) is 9. The number of nitrogens with two attached hydrogens (primary N) is 1. The number of amides is 2. The van der Waals surface area contributed by atoms with Crippen molar-refractivity contribution in [3.63, 3.8) is 0 Å². The van der Waals surface area contributed by atoms with Crippen LogP contribution in [0.5, 0.6) is 23.0 Å². The molecule has 0 aliphatic carbocycles. The largest absolute Gasteiger partial charge is 0.586 e. The Morgan fingerprint density at radius 1 is 0.792 bits per heavy atom. The topological polar surface area (TPSA) is 134 Å². The summed E-state index contributed by atoms with van der Waals surface area (Å²) < 4.78 is 73.8. The summed E-state index contributed by atoms with van der Waals surface area (Å²) in [4.78, 5) is 26.2. The van der Waals surface area contributed by atoms with Gasteiger partial charge in [-0.25, -0.2) is 0 Å². The van der Waals surface area contributed by atoms with Crippen LogP contribution in [0.15, 0.2) is 102 Å². The van der Waals surface area contributed by atoms with Crippen molar-refractivity contribution in [3.05, 3.63) is 108 Å². The summed E-state index contributed by atoms with van der Waals surface area (Å²) in [7, 11) is 0. The van der Waals surface area contributed by atoms with Gasteiger partial charge in [0.25, 0.3) is 11.8 Å². The van der Waals surface area contributed by atoms with Gasteiger partial charge in [-0.1, -0.05) is 50.2 Å². The Balaban J connectivity index is 0.000000210. The average molecular weight is 704 g/mol. The lowest BCUT2D eigenvalue weighted by atomic mass is 10.2. The third kappa shape index (κ3) is 11.0. The van der Waals surface area contributed by atoms with Crippen LogP contribution in [0.2, 0.25) is 0 Å². The van der Waals surface area contributed by atoms with Gasteiger partial charge in [-0.3, -0.25) is 14.9 Å². The van der Waals surface area contributed by atoms with E-state index in [1.54, 1.807) is 61.5 Å². The zero-order valence-electron chi connectivity index (χ0n) is 25.7. The highest BCUT2D eigenvalue weighted by Crippen LogP contribution is 2.42. The molecule has 4 N–H and O–H groups in total. The van der Waals surface area contributed by atoms with Gasteiger partial charge in [0.1, 0.15) is 0 Å². The molecule has 0 fully saturated rings. The molecule has 2 aliphatic rings. The number of aliphatic imine (C=N–C) groups is 1. The van der Waals surface area contributed by atoms with E-state index in [2.05, 4.69) is 46.8 Å². The Bertz CT molecular complexity index is 1820. The van der Waals surface area contributed by atoms with E-state index in [0.29, 0.717) is 29.4 Å². The van der Waals surface area contributed by atoms with Crippen molar-refractivity contribution >= 4 is 57.9 Å². The van der Waals surface area contributed by atoms with Gasteiger partial charge in [-0.05, 0) is 73.0 Å². The molecule has 0 saturated heterocycles. The first-order valence-corrected chi connectivity index (χ1v) is 14.3. The number of carbonyl (C=O) groups is 2. The fourth-order valence-electron chi connectivity index (χ4n) is 3.61. The van der Waals surface area contributed by atoms with E-state index < -0.39 is 12.6 Å². The molecule has 0 bridgehead atoms. The SMILES string of the molecule is Nc1ccc2c(c1)OC(F)(F)O2.O=C(N=C=S)c1ccccc1.O=C(NC(=S)Nc1ccc2c(c1)OC(F)(F)O2)c1ccccc1.[2H]CC. The maximum Gasteiger partial charge on any atom is 0.586 e. The second kappa shape index (κ2) is 16.8. The smallest absolute Gasteiger partial charge is 0.399 e. The van der Waals surface area contributed by atoms with E-state index in [4.69, 9.17) is 19.3 Å². The number of rotatable bonds is 3. The molecule has 4 aromatic rings. The number of halogens is 4. The van der Waals surface area contributed by atoms with Crippen molar-refractivity contribution in [2.24, 2.45) is 4.99 Å². The number of anilines is 2. The average Bonchev–Trinajstić information content (AvgIpc) is 3.54. The minimum Gasteiger partial charge on any atom is -0.399 e. The maximum absolute atomic E-state index is 12.9. The number of isothiocyanates is 1. The summed E-state index contributed by atoms with van der Waals surface area (Å²) in [5, 5.41) is 7.27. The fourth-order valence-corrected chi connectivity index (χ4v) is 3.90. The molecular weight excluding hydrogens is 677 g/mol. The Hall–Kier alpha value is -5.57. The van der Waals surface area contributed by atoms with E-state index in [-0.39, 0.29) is 39.9 Å². The van der Waals surface area contributed by atoms with Gasteiger partial charge < -0.3 is 30.0 Å². The highest BCUT2D eigenvalue weighted by atomic mass is 32.1. The summed E-state index contributed by atoms with van der Waals surface area (Å²) in [6, 6.07) is 25.4. The Morgan fingerprint density at radius 2 is 1.27 bits per heavy atom.